The standard InChI is InChI=1S/C30H50O2/c1-19-8-16-30(18-31)17-11-23-28(6)13-9-21-26(3,4)24(32)12-15-27(21,5)22(28)10-14-29(23,7)25(30)20(19)2/h11,19-22,24-25,31-32H,8-10,12-18H2,1-7H3/t19-,20+,21+,22-,24+,25+,27+,28-,29-,30-/m1/s1. The van der Waals surface area contributed by atoms with Crippen molar-refractivity contribution in [2.24, 2.45) is 56.7 Å². The molecule has 2 heteroatoms. The average molecular weight is 443 g/mol. The quantitative estimate of drug-likeness (QED) is 0.429. The van der Waals surface area contributed by atoms with E-state index in [1.807, 2.05) is 0 Å². The second-order valence-electron chi connectivity index (χ2n) is 14.6. The maximum absolute atomic E-state index is 10.9. The Hall–Kier alpha value is -0.340. The van der Waals surface area contributed by atoms with Crippen LogP contribution in [0.4, 0.5) is 0 Å². The number of hydrogen-bond donors (Lipinski definition) is 2. The minimum atomic E-state index is -0.151. The Bertz CT molecular complexity index is 799. The Balaban J connectivity index is 1.58. The maximum atomic E-state index is 10.9. The molecule has 0 unspecified atom stereocenters. The van der Waals surface area contributed by atoms with Gasteiger partial charge in [0.15, 0.2) is 0 Å². The minimum absolute atomic E-state index is 0.0232. The molecule has 0 heterocycles. The van der Waals surface area contributed by atoms with Gasteiger partial charge in [0.1, 0.15) is 0 Å². The normalized spacial score (nSPS) is 56.8. The van der Waals surface area contributed by atoms with Crippen molar-refractivity contribution in [3.05, 3.63) is 11.6 Å². The van der Waals surface area contributed by atoms with Crippen LogP contribution in [0.15, 0.2) is 11.6 Å². The largest absolute Gasteiger partial charge is 0.396 e. The number of allylic oxidation sites excluding steroid dienone is 2. The van der Waals surface area contributed by atoms with Gasteiger partial charge in [-0.2, -0.15) is 0 Å². The molecule has 0 aromatic heterocycles. The minimum Gasteiger partial charge on any atom is -0.396 e. The molecule has 182 valence electrons. The third-order valence-corrected chi connectivity index (χ3v) is 13.1. The lowest BCUT2D eigenvalue weighted by atomic mass is 9.34. The predicted molar refractivity (Wildman–Crippen MR) is 132 cm³/mol. The molecule has 0 spiro atoms. The molecule has 2 N–H and O–H groups in total. The molecule has 4 fully saturated rings. The molecule has 0 bridgehead atoms. The highest BCUT2D eigenvalue weighted by molar-refractivity contribution is 5.35. The third-order valence-electron chi connectivity index (χ3n) is 13.1. The first-order chi connectivity index (χ1) is 14.9. The van der Waals surface area contributed by atoms with Crippen molar-refractivity contribution in [2.45, 2.75) is 112 Å². The molecule has 5 aliphatic carbocycles. The molecular formula is C30H50O2. The van der Waals surface area contributed by atoms with Crippen LogP contribution in [0.3, 0.4) is 0 Å². The number of aliphatic hydroxyl groups excluding tert-OH is 2. The topological polar surface area (TPSA) is 40.5 Å². The molecule has 5 aliphatic rings. The van der Waals surface area contributed by atoms with E-state index in [4.69, 9.17) is 0 Å². The van der Waals surface area contributed by atoms with Crippen molar-refractivity contribution in [1.29, 1.82) is 0 Å². The van der Waals surface area contributed by atoms with E-state index in [0.29, 0.717) is 29.8 Å². The molecule has 2 nitrogen and oxygen atoms in total. The lowest BCUT2D eigenvalue weighted by Gasteiger charge is -2.70. The number of rotatable bonds is 1. The molecule has 0 radical (unpaired) electrons. The zero-order chi connectivity index (χ0) is 23.3. The Labute approximate surface area is 197 Å². The summed E-state index contributed by atoms with van der Waals surface area (Å²) in [5.41, 5.74) is 2.74. The van der Waals surface area contributed by atoms with Crippen molar-refractivity contribution >= 4 is 0 Å². The van der Waals surface area contributed by atoms with Crippen LogP contribution < -0.4 is 0 Å². The summed E-state index contributed by atoms with van der Waals surface area (Å²) in [5.74, 6) is 3.39. The summed E-state index contributed by atoms with van der Waals surface area (Å²) in [6, 6.07) is 0. The van der Waals surface area contributed by atoms with E-state index in [1.165, 1.54) is 44.9 Å². The molecule has 0 saturated heterocycles. The van der Waals surface area contributed by atoms with E-state index in [1.54, 1.807) is 5.57 Å². The van der Waals surface area contributed by atoms with Crippen LogP contribution >= 0.6 is 0 Å². The van der Waals surface area contributed by atoms with Crippen LogP contribution in [0.1, 0.15) is 106 Å². The fourth-order valence-electron chi connectivity index (χ4n) is 11.4. The molecule has 5 rings (SSSR count). The molecule has 4 saturated carbocycles. The first-order valence-electron chi connectivity index (χ1n) is 13.9. The average Bonchev–Trinajstić information content (AvgIpc) is 2.73. The van der Waals surface area contributed by atoms with E-state index in [-0.39, 0.29) is 27.8 Å². The van der Waals surface area contributed by atoms with Gasteiger partial charge in [-0.05, 0) is 109 Å². The highest BCUT2D eigenvalue weighted by atomic mass is 16.3. The van der Waals surface area contributed by atoms with Crippen LogP contribution in [0.5, 0.6) is 0 Å². The van der Waals surface area contributed by atoms with Gasteiger partial charge in [0.2, 0.25) is 0 Å². The summed E-state index contributed by atoms with van der Waals surface area (Å²) in [4.78, 5) is 0. The lowest BCUT2D eigenvalue weighted by Crippen LogP contribution is -2.64. The Morgan fingerprint density at radius 2 is 1.50 bits per heavy atom. The zero-order valence-electron chi connectivity index (χ0n) is 22.0. The summed E-state index contributed by atoms with van der Waals surface area (Å²) < 4.78 is 0. The second-order valence-corrected chi connectivity index (χ2v) is 14.6. The molecule has 0 aliphatic heterocycles. The third kappa shape index (κ3) is 2.72. The van der Waals surface area contributed by atoms with Crippen molar-refractivity contribution in [1.82, 2.24) is 0 Å². The van der Waals surface area contributed by atoms with Gasteiger partial charge in [-0.25, -0.2) is 0 Å². The molecule has 0 aromatic carbocycles. The number of fused-ring (bicyclic) bond motifs is 7. The first kappa shape index (κ1) is 23.4. The van der Waals surface area contributed by atoms with E-state index in [9.17, 15) is 10.2 Å². The van der Waals surface area contributed by atoms with Crippen molar-refractivity contribution in [2.75, 3.05) is 6.61 Å². The summed E-state index contributed by atoms with van der Waals surface area (Å²) in [5, 5.41) is 21.6. The van der Waals surface area contributed by atoms with E-state index >= 15 is 0 Å². The van der Waals surface area contributed by atoms with Gasteiger partial charge in [-0.3, -0.25) is 0 Å². The van der Waals surface area contributed by atoms with Gasteiger partial charge >= 0.3 is 0 Å². The van der Waals surface area contributed by atoms with Crippen LogP contribution in [-0.4, -0.2) is 22.9 Å². The highest BCUT2D eigenvalue weighted by Gasteiger charge is 2.67. The highest BCUT2D eigenvalue weighted by Crippen LogP contribution is 2.74. The molecular weight excluding hydrogens is 392 g/mol. The molecule has 0 aromatic rings. The maximum Gasteiger partial charge on any atom is 0.0594 e. The van der Waals surface area contributed by atoms with E-state index in [0.717, 1.165) is 24.7 Å². The van der Waals surface area contributed by atoms with Crippen molar-refractivity contribution in [3.63, 3.8) is 0 Å². The fourth-order valence-corrected chi connectivity index (χ4v) is 11.4. The van der Waals surface area contributed by atoms with Gasteiger partial charge in [-0.15, -0.1) is 0 Å². The van der Waals surface area contributed by atoms with Crippen molar-refractivity contribution < 1.29 is 10.2 Å². The van der Waals surface area contributed by atoms with Gasteiger partial charge in [0.05, 0.1) is 6.10 Å². The van der Waals surface area contributed by atoms with Crippen LogP contribution in [0.2, 0.25) is 0 Å². The summed E-state index contributed by atoms with van der Waals surface area (Å²) in [6.45, 7) is 17.8. The Kier molecular flexibility index (Phi) is 5.19. The summed E-state index contributed by atoms with van der Waals surface area (Å²) >= 11 is 0. The van der Waals surface area contributed by atoms with Crippen LogP contribution in [-0.2, 0) is 0 Å². The lowest BCUT2D eigenvalue weighted by molar-refractivity contribution is -0.188. The SMILES string of the molecule is C[C@H]1[C@H](C)CC[C@]2(CO)CC=C3[C@]4(C)CC[C@H]5C(C)(C)[C@@H](O)CC[C@]5(C)[C@H]4CC[C@@]3(C)[C@H]12. The predicted octanol–water partition coefficient (Wildman–Crippen LogP) is 7.00. The van der Waals surface area contributed by atoms with Gasteiger partial charge in [-0.1, -0.05) is 60.1 Å². The van der Waals surface area contributed by atoms with Gasteiger partial charge < -0.3 is 10.2 Å². The second kappa shape index (κ2) is 7.09. The first-order valence-corrected chi connectivity index (χ1v) is 13.9. The monoisotopic (exact) mass is 442 g/mol. The van der Waals surface area contributed by atoms with E-state index in [2.05, 4.69) is 54.5 Å². The number of hydrogen-bond acceptors (Lipinski definition) is 2. The summed E-state index contributed by atoms with van der Waals surface area (Å²) in [6.07, 6.45) is 13.4. The zero-order valence-corrected chi connectivity index (χ0v) is 22.0. The Morgan fingerprint density at radius 3 is 2.19 bits per heavy atom. The van der Waals surface area contributed by atoms with Gasteiger partial charge in [0.25, 0.3) is 0 Å². The molecule has 10 atom stereocenters. The fraction of sp³-hybridized carbons (Fsp3) is 0.933. The van der Waals surface area contributed by atoms with Crippen LogP contribution in [0, 0.1) is 56.7 Å². The van der Waals surface area contributed by atoms with Gasteiger partial charge in [0, 0.05) is 12.0 Å². The smallest absolute Gasteiger partial charge is 0.0594 e. The molecule has 32 heavy (non-hydrogen) atoms. The van der Waals surface area contributed by atoms with Crippen molar-refractivity contribution in [3.8, 4) is 0 Å². The van der Waals surface area contributed by atoms with E-state index < -0.39 is 0 Å². The molecule has 0 amide bonds. The Morgan fingerprint density at radius 1 is 0.844 bits per heavy atom. The summed E-state index contributed by atoms with van der Waals surface area (Å²) in [7, 11) is 0. The van der Waals surface area contributed by atoms with Crippen LogP contribution in [0.25, 0.3) is 0 Å². The number of aliphatic hydroxyl groups is 2.